The average molecular weight is 317 g/mol. The van der Waals surface area contributed by atoms with Gasteiger partial charge in [-0.05, 0) is 53.7 Å². The lowest BCUT2D eigenvalue weighted by atomic mass is 10.1. The summed E-state index contributed by atoms with van der Waals surface area (Å²) in [6, 6.07) is 7.91. The van der Waals surface area contributed by atoms with Crippen molar-refractivity contribution in [3.05, 3.63) is 30.1 Å². The molecule has 0 saturated heterocycles. The predicted molar refractivity (Wildman–Crippen MR) is 92.1 cm³/mol. The van der Waals surface area contributed by atoms with Crippen LogP contribution in [0.1, 0.15) is 47.4 Å². The summed E-state index contributed by atoms with van der Waals surface area (Å²) in [7, 11) is 0. The van der Waals surface area contributed by atoms with Gasteiger partial charge < -0.3 is 14.6 Å². The molecule has 0 saturated carbocycles. The molecule has 0 atom stereocenters. The highest BCUT2D eigenvalue weighted by Crippen LogP contribution is 2.25. The lowest BCUT2D eigenvalue weighted by Gasteiger charge is -2.31. The Kier molecular flexibility index (Phi) is 4.80. The number of hydrogen-bond acceptors (Lipinski definition) is 3. The number of fused-ring (bicyclic) bond motifs is 1. The molecule has 0 unspecified atom stereocenters. The van der Waals surface area contributed by atoms with Crippen LogP contribution in [0.3, 0.4) is 0 Å². The van der Waals surface area contributed by atoms with E-state index >= 15 is 0 Å². The minimum Gasteiger partial charge on any atom is -0.383 e. The molecular formula is C18H27N3O2. The minimum atomic E-state index is -1.11. The fraction of sp³-hybridized carbons (Fsp3) is 0.556. The van der Waals surface area contributed by atoms with Crippen molar-refractivity contribution in [2.24, 2.45) is 0 Å². The number of aliphatic hydroxyl groups is 1. The highest BCUT2D eigenvalue weighted by molar-refractivity contribution is 5.81. The summed E-state index contributed by atoms with van der Waals surface area (Å²) in [5.41, 5.74) is 0.545. The second-order valence-electron chi connectivity index (χ2n) is 7.06. The maximum atomic E-state index is 12.8. The van der Waals surface area contributed by atoms with Gasteiger partial charge in [0.25, 0.3) is 0 Å². The van der Waals surface area contributed by atoms with Crippen molar-refractivity contribution in [3.63, 3.8) is 0 Å². The van der Waals surface area contributed by atoms with E-state index in [4.69, 9.17) is 0 Å². The standard InChI is InChI=1S/C18H27N3O2/c1-12(2)21(13(3)4)16(22)11-20-15-10-8-7-9-14(15)19-17(20)18(5,6)23/h7-10,12-13,23H,11H2,1-6H3. The molecule has 1 heterocycles. The monoisotopic (exact) mass is 317 g/mol. The van der Waals surface area contributed by atoms with E-state index in [9.17, 15) is 9.90 Å². The Labute approximate surface area is 137 Å². The number of imidazole rings is 1. The third-order valence-corrected chi connectivity index (χ3v) is 3.90. The summed E-state index contributed by atoms with van der Waals surface area (Å²) in [5.74, 6) is 0.545. The first kappa shape index (κ1) is 17.5. The van der Waals surface area contributed by atoms with Crippen LogP contribution in [0.4, 0.5) is 0 Å². The summed E-state index contributed by atoms with van der Waals surface area (Å²) >= 11 is 0. The lowest BCUT2D eigenvalue weighted by molar-refractivity contribution is -0.135. The molecule has 0 bridgehead atoms. The number of nitrogens with zero attached hydrogens (tertiary/aromatic N) is 3. The molecule has 0 fully saturated rings. The summed E-state index contributed by atoms with van der Waals surface area (Å²) in [6.07, 6.45) is 0. The van der Waals surface area contributed by atoms with Crippen LogP contribution in [0, 0.1) is 0 Å². The molecule has 0 spiro atoms. The second kappa shape index (κ2) is 6.32. The maximum Gasteiger partial charge on any atom is 0.243 e. The number of carbonyl (C=O) groups is 1. The Balaban J connectivity index is 2.48. The summed E-state index contributed by atoms with van der Waals surface area (Å²) < 4.78 is 1.83. The first-order valence-corrected chi connectivity index (χ1v) is 8.12. The number of benzene rings is 1. The van der Waals surface area contributed by atoms with E-state index in [1.54, 1.807) is 13.8 Å². The zero-order valence-corrected chi connectivity index (χ0v) is 14.9. The largest absolute Gasteiger partial charge is 0.383 e. The first-order chi connectivity index (χ1) is 10.6. The Hall–Kier alpha value is -1.88. The zero-order valence-electron chi connectivity index (χ0n) is 14.9. The van der Waals surface area contributed by atoms with Crippen LogP contribution in [0.25, 0.3) is 11.0 Å². The van der Waals surface area contributed by atoms with Crippen LogP contribution < -0.4 is 0 Å². The van der Waals surface area contributed by atoms with Gasteiger partial charge >= 0.3 is 0 Å². The van der Waals surface area contributed by atoms with E-state index < -0.39 is 5.60 Å². The average Bonchev–Trinajstić information content (AvgIpc) is 2.77. The predicted octanol–water partition coefficient (Wildman–Crippen LogP) is 2.91. The van der Waals surface area contributed by atoms with Crippen molar-refractivity contribution in [3.8, 4) is 0 Å². The molecule has 5 heteroatoms. The topological polar surface area (TPSA) is 58.4 Å². The van der Waals surface area contributed by atoms with Gasteiger partial charge in [0, 0.05) is 12.1 Å². The maximum absolute atomic E-state index is 12.8. The quantitative estimate of drug-likeness (QED) is 0.922. The van der Waals surface area contributed by atoms with E-state index in [0.29, 0.717) is 5.82 Å². The molecule has 0 aliphatic heterocycles. The van der Waals surface area contributed by atoms with Crippen LogP contribution in [0.15, 0.2) is 24.3 Å². The Bertz CT molecular complexity index is 688. The summed E-state index contributed by atoms with van der Waals surface area (Å²) in [4.78, 5) is 19.2. The van der Waals surface area contributed by atoms with E-state index in [0.717, 1.165) is 11.0 Å². The van der Waals surface area contributed by atoms with Gasteiger partial charge in [0.1, 0.15) is 18.0 Å². The first-order valence-electron chi connectivity index (χ1n) is 8.12. The van der Waals surface area contributed by atoms with Gasteiger partial charge in [0.05, 0.1) is 11.0 Å². The van der Waals surface area contributed by atoms with Crippen LogP contribution >= 0.6 is 0 Å². The Morgan fingerprint density at radius 3 is 2.30 bits per heavy atom. The Morgan fingerprint density at radius 2 is 1.78 bits per heavy atom. The van der Waals surface area contributed by atoms with Gasteiger partial charge in [0.15, 0.2) is 0 Å². The number of aromatic nitrogens is 2. The molecule has 23 heavy (non-hydrogen) atoms. The fourth-order valence-corrected chi connectivity index (χ4v) is 3.09. The number of para-hydroxylation sites is 2. The Morgan fingerprint density at radius 1 is 1.22 bits per heavy atom. The molecule has 0 aliphatic carbocycles. The number of hydrogen-bond donors (Lipinski definition) is 1. The highest BCUT2D eigenvalue weighted by atomic mass is 16.3. The van der Waals surface area contributed by atoms with Crippen LogP contribution in [-0.4, -0.2) is 37.5 Å². The van der Waals surface area contributed by atoms with Crippen LogP contribution in [0.5, 0.6) is 0 Å². The van der Waals surface area contributed by atoms with Gasteiger partial charge in [-0.3, -0.25) is 4.79 Å². The molecule has 1 N–H and O–H groups in total. The van der Waals surface area contributed by atoms with Crippen molar-refractivity contribution in [2.75, 3.05) is 0 Å². The summed E-state index contributed by atoms with van der Waals surface area (Å²) in [5, 5.41) is 10.4. The van der Waals surface area contributed by atoms with E-state index in [1.165, 1.54) is 0 Å². The van der Waals surface area contributed by atoms with Crippen LogP contribution in [0.2, 0.25) is 0 Å². The molecule has 1 aromatic heterocycles. The van der Waals surface area contributed by atoms with Gasteiger partial charge in [-0.25, -0.2) is 4.98 Å². The molecule has 2 rings (SSSR count). The third kappa shape index (κ3) is 3.55. The van der Waals surface area contributed by atoms with E-state index in [2.05, 4.69) is 4.98 Å². The van der Waals surface area contributed by atoms with Gasteiger partial charge in [0.2, 0.25) is 5.91 Å². The molecule has 0 radical (unpaired) electrons. The van der Waals surface area contributed by atoms with Gasteiger partial charge in [-0.1, -0.05) is 12.1 Å². The molecule has 1 aromatic carbocycles. The van der Waals surface area contributed by atoms with Crippen molar-refractivity contribution >= 4 is 16.9 Å². The lowest BCUT2D eigenvalue weighted by Crippen LogP contribution is -2.44. The van der Waals surface area contributed by atoms with Crippen molar-refractivity contribution in [1.29, 1.82) is 0 Å². The highest BCUT2D eigenvalue weighted by Gasteiger charge is 2.28. The molecule has 2 aromatic rings. The van der Waals surface area contributed by atoms with Gasteiger partial charge in [-0.15, -0.1) is 0 Å². The smallest absolute Gasteiger partial charge is 0.243 e. The van der Waals surface area contributed by atoms with Crippen molar-refractivity contribution in [2.45, 2.75) is 65.8 Å². The van der Waals surface area contributed by atoms with Crippen molar-refractivity contribution in [1.82, 2.24) is 14.5 Å². The fourth-order valence-electron chi connectivity index (χ4n) is 3.09. The zero-order chi connectivity index (χ0) is 17.4. The number of amides is 1. The minimum absolute atomic E-state index is 0.0312. The molecular weight excluding hydrogens is 290 g/mol. The normalized spacial score (nSPS) is 12.4. The van der Waals surface area contributed by atoms with Crippen molar-refractivity contribution < 1.29 is 9.90 Å². The van der Waals surface area contributed by atoms with E-state index in [-0.39, 0.29) is 24.5 Å². The summed E-state index contributed by atoms with van der Waals surface area (Å²) in [6.45, 7) is 11.6. The molecule has 5 nitrogen and oxygen atoms in total. The SMILES string of the molecule is CC(C)N(C(=O)Cn1c(C(C)(C)O)nc2ccccc21)C(C)C. The number of rotatable bonds is 5. The molecule has 0 aliphatic rings. The number of carbonyl (C=O) groups excluding carboxylic acids is 1. The molecule has 126 valence electrons. The van der Waals surface area contributed by atoms with Crippen LogP contribution in [-0.2, 0) is 16.9 Å². The van der Waals surface area contributed by atoms with Gasteiger partial charge in [-0.2, -0.15) is 0 Å². The third-order valence-electron chi connectivity index (χ3n) is 3.90. The second-order valence-corrected chi connectivity index (χ2v) is 7.06. The molecule has 1 amide bonds. The van der Waals surface area contributed by atoms with E-state index in [1.807, 2.05) is 61.4 Å².